The third-order valence-corrected chi connectivity index (χ3v) is 3.04. The van der Waals surface area contributed by atoms with E-state index in [2.05, 4.69) is 0 Å². The molecule has 0 saturated carbocycles. The Kier molecular flexibility index (Phi) is 4.42. The van der Waals surface area contributed by atoms with Crippen LogP contribution >= 0.6 is 0 Å². The Morgan fingerprint density at radius 3 is 0.750 bits per heavy atom. The predicted molar refractivity (Wildman–Crippen MR) is 63.1 cm³/mol. The van der Waals surface area contributed by atoms with Crippen molar-refractivity contribution in [2.45, 2.75) is 0 Å². The zero-order valence-corrected chi connectivity index (χ0v) is 11.2. The maximum absolute atomic E-state index is 13.6. The quantitative estimate of drug-likeness (QED) is 0.341. The minimum absolute atomic E-state index is 0.358. The van der Waals surface area contributed by atoms with E-state index in [0.29, 0.717) is 7.98 Å². The first-order valence-corrected chi connectivity index (χ1v) is 5.78. The zero-order valence-electron chi connectivity index (χ0n) is 11.2. The van der Waals surface area contributed by atoms with Crippen molar-refractivity contribution in [2.24, 2.45) is 0 Å². The minimum Gasteiger partial charge on any atom is -0.384 e. The average Bonchev–Trinajstić information content (AvgIpc) is 2.55. The molecule has 24 heavy (non-hydrogen) atoms. The van der Waals surface area contributed by atoms with Gasteiger partial charge in [0.05, 0.1) is 0 Å². The van der Waals surface area contributed by atoms with E-state index in [1.807, 2.05) is 0 Å². The number of rotatable bonds is 2. The molecule has 0 spiro atoms. The van der Waals surface area contributed by atoms with Crippen LogP contribution in [0.3, 0.4) is 0 Å². The van der Waals surface area contributed by atoms with Gasteiger partial charge in [-0.1, -0.05) is 0 Å². The third-order valence-electron chi connectivity index (χ3n) is 3.04. The maximum atomic E-state index is 13.6. The molecule has 0 aliphatic carbocycles. The first-order chi connectivity index (χ1) is 11.0. The van der Waals surface area contributed by atoms with Gasteiger partial charge in [0, 0.05) is 0 Å². The predicted octanol–water partition coefficient (Wildman–Crippen LogP) is 3.76. The van der Waals surface area contributed by atoms with Gasteiger partial charge >= 0.3 is 0 Å². The Balaban J connectivity index is 2.84. The smallest absolute Gasteiger partial charge is 0.224 e. The normalized spacial score (nSPS) is 11.1. The van der Waals surface area contributed by atoms with Gasteiger partial charge in [0.15, 0.2) is 46.5 Å². The summed E-state index contributed by atoms with van der Waals surface area (Å²) in [5.41, 5.74) is -3.79. The van der Waals surface area contributed by atoms with Gasteiger partial charge in [-0.25, -0.2) is 43.9 Å². The SMILES string of the molecule is BN(c1c(F)c(F)c(F)c(F)c1F)c1c(F)c(F)c(F)c(F)c1F. The molecule has 0 aromatic heterocycles. The molecule has 0 N–H and O–H groups in total. The highest BCUT2D eigenvalue weighted by Gasteiger charge is 2.33. The van der Waals surface area contributed by atoms with Crippen LogP contribution < -0.4 is 4.81 Å². The molecule has 2 aromatic carbocycles. The molecule has 0 aliphatic rings. The Labute approximate surface area is 127 Å². The maximum Gasteiger partial charge on any atom is 0.224 e. The third kappa shape index (κ3) is 2.36. The van der Waals surface area contributed by atoms with Crippen LogP contribution in [0.25, 0.3) is 0 Å². The van der Waals surface area contributed by atoms with Crippen LogP contribution in [-0.4, -0.2) is 7.98 Å². The summed E-state index contributed by atoms with van der Waals surface area (Å²) in [6.07, 6.45) is 0. The van der Waals surface area contributed by atoms with Crippen molar-refractivity contribution in [2.75, 3.05) is 4.81 Å². The van der Waals surface area contributed by atoms with Crippen molar-refractivity contribution in [3.8, 4) is 0 Å². The van der Waals surface area contributed by atoms with Crippen LogP contribution in [0.1, 0.15) is 0 Å². The van der Waals surface area contributed by atoms with Gasteiger partial charge in [-0.05, 0) is 0 Å². The highest BCUT2D eigenvalue weighted by atomic mass is 19.2. The van der Waals surface area contributed by atoms with Gasteiger partial charge in [0.25, 0.3) is 0 Å². The second-order valence-electron chi connectivity index (χ2n) is 4.40. The number of hydrogen-bond donors (Lipinski definition) is 0. The largest absolute Gasteiger partial charge is 0.384 e. The summed E-state index contributed by atoms with van der Waals surface area (Å²) in [6, 6.07) is 0. The Bertz CT molecular complexity index is 725. The molecule has 0 bridgehead atoms. The van der Waals surface area contributed by atoms with E-state index in [1.54, 1.807) is 0 Å². The molecule has 0 aliphatic heterocycles. The molecule has 0 radical (unpaired) electrons. The summed E-state index contributed by atoms with van der Waals surface area (Å²) >= 11 is 0. The van der Waals surface area contributed by atoms with E-state index in [9.17, 15) is 43.9 Å². The van der Waals surface area contributed by atoms with Crippen molar-refractivity contribution in [1.82, 2.24) is 0 Å². The molecular formula is C12H2BF10N. The van der Waals surface area contributed by atoms with Crippen molar-refractivity contribution in [3.63, 3.8) is 0 Å². The standard InChI is InChI=1S/C12H2BF10N/c13-24(11-7(20)3(16)1(14)4(17)8(11)21)12-9(22)5(18)2(15)6(19)10(12)23/h13H2. The Morgan fingerprint density at radius 2 is 0.542 bits per heavy atom. The molecule has 2 rings (SSSR count). The monoisotopic (exact) mass is 361 g/mol. The summed E-state index contributed by atoms with van der Waals surface area (Å²) in [5.74, 6) is -25.0. The molecule has 0 saturated heterocycles. The second-order valence-corrected chi connectivity index (χ2v) is 4.40. The molecule has 2 aromatic rings. The van der Waals surface area contributed by atoms with Gasteiger partial charge in [0.1, 0.15) is 11.4 Å². The van der Waals surface area contributed by atoms with Crippen LogP contribution in [0.2, 0.25) is 0 Å². The van der Waals surface area contributed by atoms with E-state index in [-0.39, 0.29) is 4.81 Å². The van der Waals surface area contributed by atoms with Crippen LogP contribution in [0.4, 0.5) is 55.3 Å². The lowest BCUT2D eigenvalue weighted by Crippen LogP contribution is -2.22. The number of nitrogens with zero attached hydrogens (tertiary/aromatic N) is 1. The molecule has 12 heteroatoms. The fourth-order valence-electron chi connectivity index (χ4n) is 1.89. The lowest BCUT2D eigenvalue weighted by Gasteiger charge is -2.23. The lowest BCUT2D eigenvalue weighted by atomic mass is 10.1. The van der Waals surface area contributed by atoms with Gasteiger partial charge in [-0.15, -0.1) is 0 Å². The van der Waals surface area contributed by atoms with E-state index < -0.39 is 69.5 Å². The Morgan fingerprint density at radius 1 is 0.375 bits per heavy atom. The molecule has 0 amide bonds. The topological polar surface area (TPSA) is 3.24 Å². The minimum atomic E-state index is -2.56. The van der Waals surface area contributed by atoms with E-state index in [1.165, 1.54) is 0 Å². The number of halogens is 10. The van der Waals surface area contributed by atoms with Gasteiger partial charge in [-0.2, -0.15) is 0 Å². The van der Waals surface area contributed by atoms with Crippen LogP contribution in [0.15, 0.2) is 0 Å². The van der Waals surface area contributed by atoms with Crippen molar-refractivity contribution < 1.29 is 43.9 Å². The van der Waals surface area contributed by atoms with Gasteiger partial charge in [0.2, 0.25) is 19.6 Å². The zero-order chi connectivity index (χ0) is 18.5. The molecular weight excluding hydrogens is 359 g/mol. The summed E-state index contributed by atoms with van der Waals surface area (Å²) in [6.45, 7) is 0. The summed E-state index contributed by atoms with van der Waals surface area (Å²) in [5, 5.41) is 0. The fraction of sp³-hybridized carbons (Fsp3) is 0. The first-order valence-electron chi connectivity index (χ1n) is 5.78. The summed E-state index contributed by atoms with van der Waals surface area (Å²) < 4.78 is 133. The van der Waals surface area contributed by atoms with Crippen molar-refractivity contribution >= 4 is 19.4 Å². The average molecular weight is 361 g/mol. The lowest BCUT2D eigenvalue weighted by molar-refractivity contribution is 0.376. The van der Waals surface area contributed by atoms with E-state index in [0.717, 1.165) is 0 Å². The first kappa shape index (κ1) is 18.0. The molecule has 0 unspecified atom stereocenters. The molecule has 0 atom stereocenters. The van der Waals surface area contributed by atoms with E-state index >= 15 is 0 Å². The number of benzene rings is 2. The molecule has 128 valence electrons. The fourth-order valence-corrected chi connectivity index (χ4v) is 1.89. The van der Waals surface area contributed by atoms with Gasteiger partial charge in [-0.3, -0.25) is 0 Å². The summed E-state index contributed by atoms with van der Waals surface area (Å²) in [4.78, 5) is -0.369. The second kappa shape index (κ2) is 5.91. The molecule has 1 nitrogen and oxygen atoms in total. The van der Waals surface area contributed by atoms with E-state index in [4.69, 9.17) is 0 Å². The van der Waals surface area contributed by atoms with Crippen LogP contribution in [-0.2, 0) is 0 Å². The van der Waals surface area contributed by atoms with Crippen LogP contribution in [0, 0.1) is 58.2 Å². The molecule has 0 heterocycles. The Hall–Kier alpha value is -2.40. The van der Waals surface area contributed by atoms with Gasteiger partial charge < -0.3 is 4.81 Å². The van der Waals surface area contributed by atoms with Crippen molar-refractivity contribution in [3.05, 3.63) is 58.2 Å². The summed E-state index contributed by atoms with van der Waals surface area (Å²) in [7, 11) is 0.358. The molecule has 0 fully saturated rings. The number of anilines is 2. The highest BCUT2D eigenvalue weighted by molar-refractivity contribution is 6.22. The van der Waals surface area contributed by atoms with Crippen molar-refractivity contribution in [1.29, 1.82) is 0 Å². The van der Waals surface area contributed by atoms with Crippen LogP contribution in [0.5, 0.6) is 0 Å². The highest BCUT2D eigenvalue weighted by Crippen LogP contribution is 2.37. The number of hydrogen-bond acceptors (Lipinski definition) is 1.